The minimum Gasteiger partial charge on any atom is -0.330 e. The maximum absolute atomic E-state index is 6.10. The summed E-state index contributed by atoms with van der Waals surface area (Å²) >= 11 is 0. The van der Waals surface area contributed by atoms with Gasteiger partial charge in [-0.1, -0.05) is 20.8 Å². The molecule has 14 heavy (non-hydrogen) atoms. The van der Waals surface area contributed by atoms with Crippen LogP contribution in [-0.2, 0) is 0 Å². The molecule has 90 valence electrons. The Hall–Kier alpha value is 0.880. The molecule has 0 aliphatic rings. The number of hydrogen-bond acceptors (Lipinski definition) is 2. The summed E-state index contributed by atoms with van der Waals surface area (Å²) in [6.45, 7) is 11.6. The zero-order chi connectivity index (χ0) is 9.99. The van der Waals surface area contributed by atoms with Gasteiger partial charge in [-0.05, 0) is 38.1 Å². The molecule has 0 fully saturated rings. The summed E-state index contributed by atoms with van der Waals surface area (Å²) in [4.78, 5) is 0. The molecule has 0 saturated heterocycles. The average molecular weight is 334 g/mol. The van der Waals surface area contributed by atoms with Gasteiger partial charge in [0.05, 0.1) is 0 Å². The first-order chi connectivity index (χ1) is 5.23. The fourth-order valence-electron chi connectivity index (χ4n) is 1.25. The third kappa shape index (κ3) is 5.10. The SMILES string of the molecule is Br.Br.CC(CCN)C(C)(C)C(C)(C)N. The molecule has 4 heteroatoms. The summed E-state index contributed by atoms with van der Waals surface area (Å²) in [6.07, 6.45) is 1.05. The molecule has 1 unspecified atom stereocenters. The van der Waals surface area contributed by atoms with Gasteiger partial charge in [0, 0.05) is 5.54 Å². The molecule has 0 amide bonds. The lowest BCUT2D eigenvalue weighted by Crippen LogP contribution is -2.51. The second-order valence-corrected chi connectivity index (χ2v) is 4.92. The Morgan fingerprint density at radius 1 is 1.07 bits per heavy atom. The fraction of sp³-hybridized carbons (Fsp3) is 1.00. The van der Waals surface area contributed by atoms with Crippen LogP contribution in [0.3, 0.4) is 0 Å². The standard InChI is InChI=1S/C10H24N2.2BrH/c1-8(6-7-11)9(2,3)10(4,5)12;;/h8H,6-7,11-12H2,1-5H3;2*1H. The van der Waals surface area contributed by atoms with E-state index >= 15 is 0 Å². The minimum absolute atomic E-state index is 0. The maximum Gasteiger partial charge on any atom is 0.0151 e. The molecule has 0 heterocycles. The van der Waals surface area contributed by atoms with Gasteiger partial charge in [-0.2, -0.15) is 0 Å². The molecule has 0 aromatic heterocycles. The van der Waals surface area contributed by atoms with E-state index in [4.69, 9.17) is 11.5 Å². The Kier molecular flexibility index (Phi) is 10.4. The molecule has 1 atom stereocenters. The highest BCUT2D eigenvalue weighted by Crippen LogP contribution is 2.37. The van der Waals surface area contributed by atoms with Crippen molar-refractivity contribution in [3.05, 3.63) is 0 Å². The largest absolute Gasteiger partial charge is 0.330 e. The van der Waals surface area contributed by atoms with Crippen LogP contribution in [0.2, 0.25) is 0 Å². The van der Waals surface area contributed by atoms with Crippen molar-refractivity contribution in [2.75, 3.05) is 6.54 Å². The van der Waals surface area contributed by atoms with Crippen molar-refractivity contribution in [2.45, 2.75) is 46.6 Å². The van der Waals surface area contributed by atoms with E-state index in [0.717, 1.165) is 13.0 Å². The highest BCUT2D eigenvalue weighted by atomic mass is 79.9. The summed E-state index contributed by atoms with van der Waals surface area (Å²) in [6, 6.07) is 0. The second kappa shape index (κ2) is 7.20. The first-order valence-corrected chi connectivity index (χ1v) is 4.72. The van der Waals surface area contributed by atoms with Crippen LogP contribution in [0.25, 0.3) is 0 Å². The maximum atomic E-state index is 6.10. The van der Waals surface area contributed by atoms with E-state index < -0.39 is 0 Å². The molecular formula is C10H26Br2N2. The minimum atomic E-state index is -0.137. The summed E-state index contributed by atoms with van der Waals surface area (Å²) in [5.41, 5.74) is 11.6. The first kappa shape index (κ1) is 20.3. The Balaban J connectivity index is -0.000000605. The molecule has 0 aliphatic carbocycles. The molecule has 0 bridgehead atoms. The van der Waals surface area contributed by atoms with Crippen LogP contribution in [0.15, 0.2) is 0 Å². The Morgan fingerprint density at radius 3 is 1.64 bits per heavy atom. The van der Waals surface area contributed by atoms with E-state index in [1.165, 1.54) is 0 Å². The van der Waals surface area contributed by atoms with Gasteiger partial charge in [-0.15, -0.1) is 34.0 Å². The predicted octanol–water partition coefficient (Wildman–Crippen LogP) is 2.89. The van der Waals surface area contributed by atoms with Crippen LogP contribution in [0.1, 0.15) is 41.0 Å². The number of hydrogen-bond donors (Lipinski definition) is 2. The van der Waals surface area contributed by atoms with Gasteiger partial charge < -0.3 is 11.5 Å². The van der Waals surface area contributed by atoms with Crippen molar-refractivity contribution in [1.82, 2.24) is 0 Å². The summed E-state index contributed by atoms with van der Waals surface area (Å²) < 4.78 is 0. The van der Waals surface area contributed by atoms with Crippen molar-refractivity contribution in [3.8, 4) is 0 Å². The summed E-state index contributed by atoms with van der Waals surface area (Å²) in [5.74, 6) is 0.572. The molecule has 0 spiro atoms. The first-order valence-electron chi connectivity index (χ1n) is 4.72. The average Bonchev–Trinajstić information content (AvgIpc) is 1.85. The molecule has 0 rings (SSSR count). The molecule has 0 saturated carbocycles. The molecule has 0 aromatic rings. The van der Waals surface area contributed by atoms with Crippen LogP contribution in [-0.4, -0.2) is 12.1 Å². The quantitative estimate of drug-likeness (QED) is 0.831. The van der Waals surface area contributed by atoms with Crippen LogP contribution in [0.5, 0.6) is 0 Å². The van der Waals surface area contributed by atoms with Gasteiger partial charge >= 0.3 is 0 Å². The molecule has 0 radical (unpaired) electrons. The van der Waals surface area contributed by atoms with Crippen LogP contribution < -0.4 is 11.5 Å². The highest BCUT2D eigenvalue weighted by molar-refractivity contribution is 8.93. The van der Waals surface area contributed by atoms with Gasteiger partial charge in [0.1, 0.15) is 0 Å². The van der Waals surface area contributed by atoms with E-state index in [2.05, 4.69) is 34.6 Å². The molecule has 2 nitrogen and oxygen atoms in total. The second-order valence-electron chi connectivity index (χ2n) is 4.92. The Labute approximate surface area is 110 Å². The lowest BCUT2D eigenvalue weighted by Gasteiger charge is -2.43. The third-order valence-electron chi connectivity index (χ3n) is 3.49. The zero-order valence-electron chi connectivity index (χ0n) is 9.96. The van der Waals surface area contributed by atoms with Gasteiger partial charge in [0.2, 0.25) is 0 Å². The van der Waals surface area contributed by atoms with Crippen molar-refractivity contribution < 1.29 is 0 Å². The van der Waals surface area contributed by atoms with Gasteiger partial charge in [-0.25, -0.2) is 0 Å². The van der Waals surface area contributed by atoms with E-state index in [9.17, 15) is 0 Å². The smallest absolute Gasteiger partial charge is 0.0151 e. The number of rotatable bonds is 4. The van der Waals surface area contributed by atoms with Gasteiger partial charge in [-0.3, -0.25) is 0 Å². The zero-order valence-corrected chi connectivity index (χ0v) is 13.4. The summed E-state index contributed by atoms with van der Waals surface area (Å²) in [5, 5.41) is 0. The molecular weight excluding hydrogens is 308 g/mol. The van der Waals surface area contributed by atoms with Gasteiger partial charge in [0.15, 0.2) is 0 Å². The molecule has 0 aromatic carbocycles. The van der Waals surface area contributed by atoms with Crippen molar-refractivity contribution >= 4 is 34.0 Å². The molecule has 4 N–H and O–H groups in total. The third-order valence-corrected chi connectivity index (χ3v) is 3.49. The Bertz CT molecular complexity index is 142. The van der Waals surface area contributed by atoms with Crippen LogP contribution in [0.4, 0.5) is 0 Å². The van der Waals surface area contributed by atoms with Crippen LogP contribution in [0, 0.1) is 11.3 Å². The van der Waals surface area contributed by atoms with E-state index in [1.54, 1.807) is 0 Å². The monoisotopic (exact) mass is 332 g/mol. The Morgan fingerprint density at radius 2 is 1.43 bits per heavy atom. The summed E-state index contributed by atoms with van der Waals surface area (Å²) in [7, 11) is 0. The van der Waals surface area contributed by atoms with Crippen LogP contribution >= 0.6 is 34.0 Å². The topological polar surface area (TPSA) is 52.0 Å². The van der Waals surface area contributed by atoms with E-state index in [1.807, 2.05) is 0 Å². The lowest BCUT2D eigenvalue weighted by atomic mass is 9.66. The molecule has 0 aliphatic heterocycles. The van der Waals surface area contributed by atoms with E-state index in [-0.39, 0.29) is 44.9 Å². The van der Waals surface area contributed by atoms with Crippen molar-refractivity contribution in [1.29, 1.82) is 0 Å². The van der Waals surface area contributed by atoms with Crippen molar-refractivity contribution in [2.24, 2.45) is 22.8 Å². The fourth-order valence-corrected chi connectivity index (χ4v) is 1.25. The van der Waals surface area contributed by atoms with Crippen molar-refractivity contribution in [3.63, 3.8) is 0 Å². The number of halogens is 2. The lowest BCUT2D eigenvalue weighted by molar-refractivity contribution is 0.115. The normalized spacial score (nSPS) is 13.9. The van der Waals surface area contributed by atoms with Gasteiger partial charge in [0.25, 0.3) is 0 Å². The highest BCUT2D eigenvalue weighted by Gasteiger charge is 2.37. The number of nitrogens with two attached hydrogens (primary N) is 2. The predicted molar refractivity (Wildman–Crippen MR) is 75.5 cm³/mol. The van der Waals surface area contributed by atoms with E-state index in [0.29, 0.717) is 5.92 Å².